The van der Waals surface area contributed by atoms with Crippen LogP contribution >= 0.6 is 0 Å². The van der Waals surface area contributed by atoms with Crippen LogP contribution in [0.15, 0.2) is 85.3 Å². The maximum atomic E-state index is 14.6. The topological polar surface area (TPSA) is 108 Å². The van der Waals surface area contributed by atoms with Crippen molar-refractivity contribution in [3.8, 4) is 39.4 Å². The first-order valence-corrected chi connectivity index (χ1v) is 15.5. The number of nitrogens with one attached hydrogen (secondary N) is 2. The Morgan fingerprint density at radius 1 is 1.06 bits per heavy atom. The van der Waals surface area contributed by atoms with E-state index in [4.69, 9.17) is 4.74 Å². The predicted octanol–water partition coefficient (Wildman–Crippen LogP) is 5.86. The van der Waals surface area contributed by atoms with Gasteiger partial charge in [0.2, 0.25) is 5.95 Å². The molecule has 1 unspecified atom stereocenters. The van der Waals surface area contributed by atoms with E-state index in [1.165, 1.54) is 12.1 Å². The Morgan fingerprint density at radius 2 is 1.87 bits per heavy atom. The van der Waals surface area contributed by atoms with Crippen molar-refractivity contribution in [1.29, 1.82) is 0 Å². The van der Waals surface area contributed by atoms with Gasteiger partial charge in [-0.3, -0.25) is 4.79 Å². The van der Waals surface area contributed by atoms with Crippen LogP contribution in [0.2, 0.25) is 0 Å². The van der Waals surface area contributed by atoms with E-state index in [0.717, 1.165) is 44.4 Å². The highest BCUT2D eigenvalue weighted by molar-refractivity contribution is 6.03. The number of carbonyl (C=O) groups is 1. The number of benzene rings is 3. The number of ether oxygens (including phenoxy) is 1. The number of nitrogens with zero attached hydrogens (tertiary/aromatic N) is 4. The van der Waals surface area contributed by atoms with Crippen LogP contribution in [-0.4, -0.2) is 64.4 Å². The molecule has 7 rings (SSSR count). The number of amides is 1. The number of aromatic nitrogens is 4. The quantitative estimate of drug-likeness (QED) is 0.185. The second-order valence-electron chi connectivity index (χ2n) is 12.0. The van der Waals surface area contributed by atoms with Crippen LogP contribution in [0.4, 0.5) is 10.3 Å². The Kier molecular flexibility index (Phi) is 7.95. The van der Waals surface area contributed by atoms with Crippen LogP contribution in [0.25, 0.3) is 44.5 Å². The van der Waals surface area contributed by atoms with Gasteiger partial charge in [0.25, 0.3) is 5.91 Å². The first-order valence-electron chi connectivity index (χ1n) is 15.5. The van der Waals surface area contributed by atoms with E-state index in [-0.39, 0.29) is 18.3 Å². The van der Waals surface area contributed by atoms with Crippen LogP contribution in [0.5, 0.6) is 5.75 Å². The molecule has 1 aliphatic rings. The van der Waals surface area contributed by atoms with Gasteiger partial charge in [-0.15, -0.1) is 0 Å². The number of aryl methyl sites for hydroxylation is 1. The number of fused-ring (bicyclic) bond motifs is 4. The number of hydrogen-bond acceptors (Lipinski definition) is 6. The first-order chi connectivity index (χ1) is 22.8. The highest BCUT2D eigenvalue weighted by Crippen LogP contribution is 2.43. The number of aromatic amines is 1. The summed E-state index contributed by atoms with van der Waals surface area (Å²) in [4.78, 5) is 28.2. The maximum Gasteiger partial charge on any atom is 0.253 e. The van der Waals surface area contributed by atoms with Crippen molar-refractivity contribution in [2.45, 2.75) is 25.4 Å². The Bertz CT molecular complexity index is 2100. The van der Waals surface area contributed by atoms with E-state index in [9.17, 15) is 14.3 Å². The summed E-state index contributed by atoms with van der Waals surface area (Å²) in [5.41, 5.74) is 8.10. The fourth-order valence-electron chi connectivity index (χ4n) is 6.50. The third-order valence-corrected chi connectivity index (χ3v) is 8.79. The van der Waals surface area contributed by atoms with Crippen LogP contribution in [0.3, 0.4) is 0 Å². The van der Waals surface area contributed by atoms with Gasteiger partial charge in [-0.2, -0.15) is 0 Å². The standard InChI is InChI=1S/C37H35FN6O3/c1-43(2)37-40-19-25(20-41-37)30-16-29-22(15-34(30)47-3)11-12-44-33(29)17-31(35(44)23-7-6-8-26(38)13-23)36(46)42-27(21-45)14-24-18-39-32-10-5-4-9-28(24)32/h4-10,13,15-20,27,39,45H,11-12,14,21H2,1-3H3,(H,42,46). The van der Waals surface area contributed by atoms with Crippen LogP contribution in [0.1, 0.15) is 21.5 Å². The SMILES string of the molecule is COc1cc2c(cc1-c1cnc(N(C)C)nc1)-c1cc(C(=O)NC(CO)Cc3c[nH]c4ccccc34)c(-c3cccc(F)c3)n1CC2. The van der Waals surface area contributed by atoms with Crippen LogP contribution in [0, 0.1) is 5.82 Å². The molecule has 0 aliphatic carbocycles. The number of rotatable bonds is 9. The van der Waals surface area contributed by atoms with Crippen molar-refractivity contribution in [1.82, 2.24) is 24.8 Å². The summed E-state index contributed by atoms with van der Waals surface area (Å²) in [6.07, 6.45) is 6.59. The number of para-hydroxylation sites is 1. The summed E-state index contributed by atoms with van der Waals surface area (Å²) >= 11 is 0. The van der Waals surface area contributed by atoms with Gasteiger partial charge in [-0.05, 0) is 60.4 Å². The minimum absolute atomic E-state index is 0.241. The number of carbonyl (C=O) groups excluding carboxylic acids is 1. The highest BCUT2D eigenvalue weighted by Gasteiger charge is 2.29. The molecular weight excluding hydrogens is 595 g/mol. The van der Waals surface area contributed by atoms with E-state index >= 15 is 0 Å². The summed E-state index contributed by atoms with van der Waals surface area (Å²) in [5.74, 6) is 0.576. The zero-order chi connectivity index (χ0) is 32.7. The molecule has 3 aromatic heterocycles. The minimum Gasteiger partial charge on any atom is -0.496 e. The van der Waals surface area contributed by atoms with Gasteiger partial charge in [-0.1, -0.05) is 30.3 Å². The van der Waals surface area contributed by atoms with Gasteiger partial charge >= 0.3 is 0 Å². The van der Waals surface area contributed by atoms with E-state index in [1.54, 1.807) is 25.6 Å². The molecule has 0 saturated heterocycles. The molecule has 1 atom stereocenters. The molecule has 0 bridgehead atoms. The zero-order valence-electron chi connectivity index (χ0n) is 26.4. The van der Waals surface area contributed by atoms with Gasteiger partial charge in [0.1, 0.15) is 11.6 Å². The smallest absolute Gasteiger partial charge is 0.253 e. The highest BCUT2D eigenvalue weighted by atomic mass is 19.1. The van der Waals surface area contributed by atoms with Crippen molar-refractivity contribution >= 4 is 22.8 Å². The molecule has 0 spiro atoms. The second kappa shape index (κ2) is 12.4. The Hall–Kier alpha value is -5.48. The lowest BCUT2D eigenvalue weighted by molar-refractivity contribution is 0.0917. The lowest BCUT2D eigenvalue weighted by Crippen LogP contribution is -2.39. The summed E-state index contributed by atoms with van der Waals surface area (Å²) in [6, 6.07) is 19.7. The predicted molar refractivity (Wildman–Crippen MR) is 181 cm³/mol. The van der Waals surface area contributed by atoms with Crippen LogP contribution < -0.4 is 15.0 Å². The monoisotopic (exact) mass is 630 g/mol. The summed E-state index contributed by atoms with van der Waals surface area (Å²) < 4.78 is 22.5. The Balaban J connectivity index is 1.30. The third-order valence-electron chi connectivity index (χ3n) is 8.79. The zero-order valence-corrected chi connectivity index (χ0v) is 26.4. The number of hydrogen-bond donors (Lipinski definition) is 3. The number of aliphatic hydroxyl groups excluding tert-OH is 1. The number of methoxy groups -OCH3 is 1. The molecule has 1 aliphatic heterocycles. The minimum atomic E-state index is -0.535. The number of halogens is 1. The number of anilines is 1. The molecule has 47 heavy (non-hydrogen) atoms. The fraction of sp³-hybridized carbons (Fsp3) is 0.216. The normalized spacial score (nSPS) is 12.8. The largest absolute Gasteiger partial charge is 0.496 e. The van der Waals surface area contributed by atoms with Crippen molar-refractivity contribution < 1.29 is 19.0 Å². The lowest BCUT2D eigenvalue weighted by Gasteiger charge is -2.24. The molecule has 238 valence electrons. The first kappa shape index (κ1) is 30.2. The summed E-state index contributed by atoms with van der Waals surface area (Å²) in [6.45, 7) is 0.345. The maximum absolute atomic E-state index is 14.6. The second-order valence-corrected chi connectivity index (χ2v) is 12.0. The molecule has 0 fully saturated rings. The van der Waals surface area contributed by atoms with E-state index in [0.29, 0.717) is 47.9 Å². The Labute approximate surface area is 271 Å². The van der Waals surface area contributed by atoms with Crippen molar-refractivity contribution in [2.75, 3.05) is 32.7 Å². The van der Waals surface area contributed by atoms with Crippen molar-refractivity contribution in [3.05, 3.63) is 108 Å². The molecule has 3 aromatic carbocycles. The van der Waals surface area contributed by atoms with Gasteiger partial charge in [-0.25, -0.2) is 14.4 Å². The van der Waals surface area contributed by atoms with Gasteiger partial charge in [0.15, 0.2) is 0 Å². The molecular formula is C37H35FN6O3. The van der Waals surface area contributed by atoms with Crippen molar-refractivity contribution in [2.24, 2.45) is 0 Å². The fourth-order valence-corrected chi connectivity index (χ4v) is 6.50. The average molecular weight is 631 g/mol. The van der Waals surface area contributed by atoms with Crippen molar-refractivity contribution in [3.63, 3.8) is 0 Å². The molecule has 0 saturated carbocycles. The van der Waals surface area contributed by atoms with E-state index < -0.39 is 6.04 Å². The number of aliphatic hydroxyl groups is 1. The number of H-pyrrole nitrogens is 1. The van der Waals surface area contributed by atoms with Gasteiger partial charge < -0.3 is 29.6 Å². The van der Waals surface area contributed by atoms with E-state index in [1.807, 2.05) is 67.7 Å². The van der Waals surface area contributed by atoms with E-state index in [2.05, 4.69) is 30.9 Å². The summed E-state index contributed by atoms with van der Waals surface area (Å²) in [5, 5.41) is 14.4. The van der Waals surface area contributed by atoms with Gasteiger partial charge in [0.05, 0.1) is 31.0 Å². The average Bonchev–Trinajstić information content (AvgIpc) is 3.69. The molecule has 4 heterocycles. The molecule has 0 radical (unpaired) electrons. The molecule has 10 heteroatoms. The Morgan fingerprint density at radius 3 is 2.62 bits per heavy atom. The molecule has 3 N–H and O–H groups in total. The third kappa shape index (κ3) is 5.61. The molecule has 1 amide bonds. The molecule has 9 nitrogen and oxygen atoms in total. The summed E-state index contributed by atoms with van der Waals surface area (Å²) in [7, 11) is 5.42. The van der Waals surface area contributed by atoms with Crippen LogP contribution in [-0.2, 0) is 19.4 Å². The lowest BCUT2D eigenvalue weighted by atomic mass is 9.93. The molecule has 6 aromatic rings. The van der Waals surface area contributed by atoms with Gasteiger partial charge in [0, 0.05) is 78.1 Å².